The fourth-order valence-electron chi connectivity index (χ4n) is 1.18. The highest BCUT2D eigenvalue weighted by molar-refractivity contribution is 7.79. The highest BCUT2D eigenvalue weighted by Gasteiger charge is 2.12. The van der Waals surface area contributed by atoms with E-state index in [9.17, 15) is 9.00 Å². The smallest absolute Gasteiger partial charge is 0.251 e. The van der Waals surface area contributed by atoms with Crippen molar-refractivity contribution in [3.05, 3.63) is 28.8 Å². The van der Waals surface area contributed by atoms with Crippen LogP contribution in [0.1, 0.15) is 24.2 Å². The highest BCUT2D eigenvalue weighted by Crippen LogP contribution is 2.20. The van der Waals surface area contributed by atoms with E-state index in [1.54, 1.807) is 0 Å². The zero-order valence-corrected chi connectivity index (χ0v) is 11.1. The Hall–Kier alpha value is -0.910. The lowest BCUT2D eigenvalue weighted by molar-refractivity contribution is 0.0949. The molecule has 1 aromatic rings. The number of hydrogen-bond donors (Lipinski definition) is 2. The van der Waals surface area contributed by atoms with Crippen molar-refractivity contribution < 1.29 is 13.6 Å². The Labute approximate surface area is 108 Å². The fraction of sp³-hybridized carbons (Fsp3) is 0.364. The quantitative estimate of drug-likeness (QED) is 0.829. The van der Waals surface area contributed by atoms with Crippen molar-refractivity contribution in [2.45, 2.75) is 18.7 Å². The van der Waals surface area contributed by atoms with Crippen LogP contribution in [0.2, 0.25) is 5.02 Å². The Bertz CT molecular complexity index is 448. The third-order valence-electron chi connectivity index (χ3n) is 2.05. The Morgan fingerprint density at radius 2 is 2.18 bits per heavy atom. The lowest BCUT2D eigenvalue weighted by Crippen LogP contribution is -2.27. The van der Waals surface area contributed by atoms with E-state index in [1.165, 1.54) is 18.2 Å². The Kier molecular flexibility index (Phi) is 5.11. The third kappa shape index (κ3) is 4.11. The molecule has 0 aromatic heterocycles. The van der Waals surface area contributed by atoms with E-state index in [0.717, 1.165) is 0 Å². The predicted octanol–water partition coefficient (Wildman–Crippen LogP) is 2.31. The maximum Gasteiger partial charge on any atom is 0.251 e. The zero-order valence-electron chi connectivity index (χ0n) is 9.57. The molecule has 1 atom stereocenters. The molecule has 1 aromatic carbocycles. The number of carbonyl (C=O) groups is 1. The minimum atomic E-state index is -2.19. The van der Waals surface area contributed by atoms with Gasteiger partial charge in [-0.15, -0.1) is 0 Å². The van der Waals surface area contributed by atoms with E-state index in [0.29, 0.717) is 18.0 Å². The van der Waals surface area contributed by atoms with Crippen LogP contribution in [0.5, 0.6) is 0 Å². The molecule has 1 unspecified atom stereocenters. The van der Waals surface area contributed by atoms with Crippen molar-refractivity contribution in [3.8, 4) is 0 Å². The maximum atomic E-state index is 11.7. The fourth-order valence-corrected chi connectivity index (χ4v) is 1.96. The largest absolute Gasteiger partial charge is 0.352 e. The summed E-state index contributed by atoms with van der Waals surface area (Å²) in [4.78, 5) is 11.7. The monoisotopic (exact) mass is 275 g/mol. The van der Waals surface area contributed by atoms with Gasteiger partial charge in [0.1, 0.15) is 0 Å². The van der Waals surface area contributed by atoms with Crippen LogP contribution in [-0.4, -0.2) is 21.2 Å². The minimum Gasteiger partial charge on any atom is -0.352 e. The first kappa shape index (κ1) is 14.2. The summed E-state index contributed by atoms with van der Waals surface area (Å²) in [7, 11) is 0. The van der Waals surface area contributed by atoms with Crippen molar-refractivity contribution in [1.82, 2.24) is 5.32 Å². The van der Waals surface area contributed by atoms with Crippen LogP contribution in [0, 0.1) is 5.92 Å². The van der Waals surface area contributed by atoms with E-state index in [2.05, 4.69) is 5.32 Å². The average molecular weight is 276 g/mol. The van der Waals surface area contributed by atoms with Crippen LogP contribution in [0.15, 0.2) is 23.1 Å². The van der Waals surface area contributed by atoms with Crippen molar-refractivity contribution in [3.63, 3.8) is 0 Å². The molecule has 0 radical (unpaired) electrons. The van der Waals surface area contributed by atoms with Crippen LogP contribution >= 0.6 is 11.6 Å². The summed E-state index contributed by atoms with van der Waals surface area (Å²) < 4.78 is 19.9. The van der Waals surface area contributed by atoms with Gasteiger partial charge in [-0.3, -0.25) is 4.79 Å². The number of benzene rings is 1. The van der Waals surface area contributed by atoms with E-state index >= 15 is 0 Å². The molecule has 1 amide bonds. The molecular weight excluding hydrogens is 262 g/mol. The molecule has 94 valence electrons. The van der Waals surface area contributed by atoms with Gasteiger partial charge in [0.25, 0.3) is 5.91 Å². The molecule has 0 aliphatic carbocycles. The highest BCUT2D eigenvalue weighted by atomic mass is 35.5. The van der Waals surface area contributed by atoms with E-state index in [1.807, 2.05) is 13.8 Å². The molecule has 0 saturated heterocycles. The number of halogens is 1. The predicted molar refractivity (Wildman–Crippen MR) is 67.7 cm³/mol. The van der Waals surface area contributed by atoms with Crippen molar-refractivity contribution in [2.75, 3.05) is 6.54 Å². The standard InChI is InChI=1S/C11H14ClNO3S/c1-7(2)6-13-11(14)8-3-4-9(12)10(5-8)17(15)16/h3-5,7H,6H2,1-2H3,(H,13,14)(H,15,16). The zero-order chi connectivity index (χ0) is 13.0. The molecule has 0 heterocycles. The second kappa shape index (κ2) is 6.14. The summed E-state index contributed by atoms with van der Waals surface area (Å²) in [5.74, 6) is 0.0692. The van der Waals surface area contributed by atoms with Gasteiger partial charge in [0, 0.05) is 12.1 Å². The summed E-state index contributed by atoms with van der Waals surface area (Å²) >= 11 is 3.55. The Morgan fingerprint density at radius 3 is 2.71 bits per heavy atom. The number of amides is 1. The van der Waals surface area contributed by atoms with E-state index < -0.39 is 11.1 Å². The van der Waals surface area contributed by atoms with Crippen molar-refractivity contribution >= 4 is 28.6 Å². The van der Waals surface area contributed by atoms with E-state index in [-0.39, 0.29) is 15.8 Å². The molecule has 6 heteroatoms. The van der Waals surface area contributed by atoms with Gasteiger partial charge in [0.05, 0.1) is 9.92 Å². The summed E-state index contributed by atoms with van der Waals surface area (Å²) in [5, 5.41) is 2.89. The van der Waals surface area contributed by atoms with Gasteiger partial charge in [-0.1, -0.05) is 25.4 Å². The second-order valence-electron chi connectivity index (χ2n) is 4.00. The van der Waals surface area contributed by atoms with Gasteiger partial charge < -0.3 is 9.87 Å². The van der Waals surface area contributed by atoms with Gasteiger partial charge in [0.2, 0.25) is 0 Å². The molecule has 4 nitrogen and oxygen atoms in total. The number of nitrogens with one attached hydrogen (secondary N) is 1. The first-order chi connectivity index (χ1) is 7.91. The molecule has 0 aliphatic heterocycles. The average Bonchev–Trinajstić information content (AvgIpc) is 2.26. The van der Waals surface area contributed by atoms with Crippen LogP contribution in [-0.2, 0) is 11.1 Å². The topological polar surface area (TPSA) is 66.4 Å². The summed E-state index contributed by atoms with van der Waals surface area (Å²) in [6.07, 6.45) is 0. The maximum absolute atomic E-state index is 11.7. The Balaban J connectivity index is 2.88. The number of hydrogen-bond acceptors (Lipinski definition) is 2. The molecule has 0 bridgehead atoms. The molecular formula is C11H14ClNO3S. The molecule has 0 saturated carbocycles. The molecule has 0 spiro atoms. The summed E-state index contributed by atoms with van der Waals surface area (Å²) in [5.41, 5.74) is 0.326. The lowest BCUT2D eigenvalue weighted by atomic mass is 10.2. The van der Waals surface area contributed by atoms with Gasteiger partial charge in [-0.25, -0.2) is 4.21 Å². The molecule has 17 heavy (non-hydrogen) atoms. The van der Waals surface area contributed by atoms with Crippen LogP contribution in [0.3, 0.4) is 0 Å². The van der Waals surface area contributed by atoms with Gasteiger partial charge >= 0.3 is 0 Å². The first-order valence-electron chi connectivity index (χ1n) is 5.10. The second-order valence-corrected chi connectivity index (χ2v) is 5.34. The minimum absolute atomic E-state index is 0.0452. The van der Waals surface area contributed by atoms with Crippen LogP contribution in [0.25, 0.3) is 0 Å². The van der Waals surface area contributed by atoms with Crippen LogP contribution in [0.4, 0.5) is 0 Å². The summed E-state index contributed by atoms with van der Waals surface area (Å²) in [6.45, 7) is 4.52. The normalized spacial score (nSPS) is 12.5. The number of carbonyl (C=O) groups excluding carboxylic acids is 1. The van der Waals surface area contributed by atoms with Crippen LogP contribution < -0.4 is 5.32 Å². The molecule has 1 rings (SSSR count). The van der Waals surface area contributed by atoms with Gasteiger partial charge in [-0.05, 0) is 24.1 Å². The van der Waals surface area contributed by atoms with Gasteiger partial charge in [0.15, 0.2) is 11.1 Å². The van der Waals surface area contributed by atoms with E-state index in [4.69, 9.17) is 16.2 Å². The summed E-state index contributed by atoms with van der Waals surface area (Å²) in [6, 6.07) is 4.29. The Morgan fingerprint density at radius 1 is 1.53 bits per heavy atom. The molecule has 0 fully saturated rings. The lowest BCUT2D eigenvalue weighted by Gasteiger charge is -2.08. The SMILES string of the molecule is CC(C)CNC(=O)c1ccc(Cl)c(S(=O)O)c1. The van der Waals surface area contributed by atoms with Gasteiger partial charge in [-0.2, -0.15) is 0 Å². The van der Waals surface area contributed by atoms with Crippen molar-refractivity contribution in [1.29, 1.82) is 0 Å². The third-order valence-corrected chi connectivity index (χ3v) is 3.21. The number of rotatable bonds is 4. The first-order valence-corrected chi connectivity index (χ1v) is 6.59. The van der Waals surface area contributed by atoms with Crippen molar-refractivity contribution in [2.24, 2.45) is 5.92 Å². The molecule has 2 N–H and O–H groups in total. The molecule has 0 aliphatic rings.